The van der Waals surface area contributed by atoms with Crippen LogP contribution in [0.1, 0.15) is 31.2 Å². The van der Waals surface area contributed by atoms with Crippen molar-refractivity contribution in [1.29, 1.82) is 0 Å². The van der Waals surface area contributed by atoms with Crippen molar-refractivity contribution in [2.24, 2.45) is 0 Å². The lowest BCUT2D eigenvalue weighted by molar-refractivity contribution is 0.0953. The third-order valence-electron chi connectivity index (χ3n) is 4.40. The molecule has 0 radical (unpaired) electrons. The van der Waals surface area contributed by atoms with E-state index in [1.54, 1.807) is 50.6 Å². The van der Waals surface area contributed by atoms with E-state index in [1.807, 2.05) is 19.1 Å². The number of nitrogens with one attached hydrogen (secondary N) is 2. The molecule has 2 N–H and O–H groups in total. The summed E-state index contributed by atoms with van der Waals surface area (Å²) >= 11 is 7.28. The Morgan fingerprint density at radius 2 is 1.80 bits per heavy atom. The van der Waals surface area contributed by atoms with Gasteiger partial charge in [0.05, 0.1) is 34.7 Å². The fourth-order valence-corrected chi connectivity index (χ4v) is 4.15. The van der Waals surface area contributed by atoms with E-state index < -0.39 is 0 Å². The third-order valence-corrected chi connectivity index (χ3v) is 5.88. The molecule has 1 heterocycles. The molecule has 6 nitrogen and oxygen atoms in total. The summed E-state index contributed by atoms with van der Waals surface area (Å²) < 4.78 is 10.7. The van der Waals surface area contributed by atoms with Gasteiger partial charge in [0.25, 0.3) is 11.8 Å². The van der Waals surface area contributed by atoms with E-state index in [-0.39, 0.29) is 18.4 Å². The van der Waals surface area contributed by atoms with Crippen molar-refractivity contribution in [2.75, 3.05) is 19.5 Å². The molecule has 0 fully saturated rings. The van der Waals surface area contributed by atoms with E-state index in [0.717, 1.165) is 11.1 Å². The van der Waals surface area contributed by atoms with Crippen molar-refractivity contribution in [3.05, 3.63) is 75.1 Å². The Balaban J connectivity index is 1.70. The quantitative estimate of drug-likeness (QED) is 0.542. The maximum Gasteiger partial charge on any atom is 0.261 e. The molecular weight excluding hydrogens is 424 g/mol. The number of carbonyl (C=O) groups excluding carboxylic acids is 2. The molecule has 30 heavy (non-hydrogen) atoms. The van der Waals surface area contributed by atoms with Gasteiger partial charge in [-0.3, -0.25) is 9.59 Å². The van der Waals surface area contributed by atoms with Crippen molar-refractivity contribution < 1.29 is 19.1 Å². The molecule has 0 saturated heterocycles. The van der Waals surface area contributed by atoms with E-state index in [1.165, 1.54) is 11.3 Å². The molecule has 2 aromatic carbocycles. The van der Waals surface area contributed by atoms with Gasteiger partial charge in [-0.2, -0.15) is 0 Å². The topological polar surface area (TPSA) is 76.7 Å². The van der Waals surface area contributed by atoms with Gasteiger partial charge < -0.3 is 20.1 Å². The molecule has 3 rings (SSSR count). The standard InChI is InChI=1S/C22H21ClN2O4S/c1-13-11-18(25-21(26)15-8-4-5-9-16(15)23)30-20(13)22(27)24-12-14-7-6-10-17(28-2)19(14)29-3/h4-11H,12H2,1-3H3,(H,24,27)(H,25,26). The summed E-state index contributed by atoms with van der Waals surface area (Å²) in [5, 5.41) is 6.63. The lowest BCUT2D eigenvalue weighted by Crippen LogP contribution is -2.22. The largest absolute Gasteiger partial charge is 0.493 e. The number of ether oxygens (including phenoxy) is 2. The number of carbonyl (C=O) groups is 2. The summed E-state index contributed by atoms with van der Waals surface area (Å²) in [6.07, 6.45) is 0. The van der Waals surface area contributed by atoms with Gasteiger partial charge in [-0.15, -0.1) is 11.3 Å². The number of rotatable bonds is 7. The second-order valence-corrected chi connectivity index (χ2v) is 7.85. The second-order valence-electron chi connectivity index (χ2n) is 6.39. The van der Waals surface area contributed by atoms with Gasteiger partial charge in [0.15, 0.2) is 11.5 Å². The van der Waals surface area contributed by atoms with Crippen molar-refractivity contribution in [1.82, 2.24) is 5.32 Å². The van der Waals surface area contributed by atoms with Gasteiger partial charge in [-0.25, -0.2) is 0 Å². The molecule has 156 valence electrons. The molecule has 3 aromatic rings. The Kier molecular flexibility index (Phi) is 6.97. The Morgan fingerprint density at radius 3 is 2.50 bits per heavy atom. The zero-order valence-corrected chi connectivity index (χ0v) is 18.3. The van der Waals surface area contributed by atoms with Crippen LogP contribution in [0.2, 0.25) is 5.02 Å². The van der Waals surface area contributed by atoms with Gasteiger partial charge in [0.2, 0.25) is 0 Å². The number of anilines is 1. The lowest BCUT2D eigenvalue weighted by atomic mass is 10.1. The zero-order valence-electron chi connectivity index (χ0n) is 16.7. The first-order valence-electron chi connectivity index (χ1n) is 9.09. The van der Waals surface area contributed by atoms with Crippen LogP contribution >= 0.6 is 22.9 Å². The number of para-hydroxylation sites is 1. The van der Waals surface area contributed by atoms with Crippen LogP contribution in [0.5, 0.6) is 11.5 Å². The highest BCUT2D eigenvalue weighted by Crippen LogP contribution is 2.31. The highest BCUT2D eigenvalue weighted by molar-refractivity contribution is 7.18. The summed E-state index contributed by atoms with van der Waals surface area (Å²) in [4.78, 5) is 25.7. The van der Waals surface area contributed by atoms with E-state index in [2.05, 4.69) is 10.6 Å². The zero-order chi connectivity index (χ0) is 21.7. The van der Waals surface area contributed by atoms with Crippen LogP contribution in [0.15, 0.2) is 48.5 Å². The van der Waals surface area contributed by atoms with Crippen LogP contribution in [0.3, 0.4) is 0 Å². The van der Waals surface area contributed by atoms with Crippen LogP contribution in [0.25, 0.3) is 0 Å². The second kappa shape index (κ2) is 9.65. The predicted octanol–water partition coefficient (Wildman–Crippen LogP) is 4.91. The van der Waals surface area contributed by atoms with Crippen molar-refractivity contribution in [2.45, 2.75) is 13.5 Å². The summed E-state index contributed by atoms with van der Waals surface area (Å²) in [6.45, 7) is 2.10. The Bertz CT molecular complexity index is 1080. The maximum atomic E-state index is 12.7. The Labute approximate surface area is 183 Å². The first-order valence-corrected chi connectivity index (χ1v) is 10.3. The molecule has 8 heteroatoms. The molecule has 0 aliphatic heterocycles. The van der Waals surface area contributed by atoms with E-state index in [9.17, 15) is 9.59 Å². The average molecular weight is 445 g/mol. The number of hydrogen-bond donors (Lipinski definition) is 2. The number of methoxy groups -OCH3 is 2. The van der Waals surface area contributed by atoms with Crippen LogP contribution in [-0.2, 0) is 6.54 Å². The fraction of sp³-hybridized carbons (Fsp3) is 0.182. The SMILES string of the molecule is COc1cccc(CNC(=O)c2sc(NC(=O)c3ccccc3Cl)cc2C)c1OC. The van der Waals surface area contributed by atoms with Crippen molar-refractivity contribution in [3.63, 3.8) is 0 Å². The van der Waals surface area contributed by atoms with E-state index in [0.29, 0.717) is 32.0 Å². The first kappa shape index (κ1) is 21.7. The maximum absolute atomic E-state index is 12.7. The number of thiophene rings is 1. The highest BCUT2D eigenvalue weighted by atomic mass is 35.5. The van der Waals surface area contributed by atoms with Crippen LogP contribution in [0.4, 0.5) is 5.00 Å². The Morgan fingerprint density at radius 1 is 1.03 bits per heavy atom. The van der Waals surface area contributed by atoms with Gasteiger partial charge in [0, 0.05) is 12.1 Å². The average Bonchev–Trinajstić information content (AvgIpc) is 3.11. The summed E-state index contributed by atoms with van der Waals surface area (Å²) in [5.41, 5.74) is 1.94. The predicted molar refractivity (Wildman–Crippen MR) is 119 cm³/mol. The molecule has 0 bridgehead atoms. The number of amides is 2. The van der Waals surface area contributed by atoms with E-state index in [4.69, 9.17) is 21.1 Å². The van der Waals surface area contributed by atoms with E-state index >= 15 is 0 Å². The molecule has 0 atom stereocenters. The van der Waals surface area contributed by atoms with Crippen LogP contribution in [-0.4, -0.2) is 26.0 Å². The van der Waals surface area contributed by atoms with Gasteiger partial charge >= 0.3 is 0 Å². The number of hydrogen-bond acceptors (Lipinski definition) is 5. The molecular formula is C22H21ClN2O4S. The lowest BCUT2D eigenvalue weighted by Gasteiger charge is -2.13. The van der Waals surface area contributed by atoms with Gasteiger partial charge in [-0.1, -0.05) is 35.9 Å². The van der Waals surface area contributed by atoms with Crippen molar-refractivity contribution >= 4 is 39.8 Å². The number of aryl methyl sites for hydroxylation is 1. The van der Waals surface area contributed by atoms with Crippen LogP contribution < -0.4 is 20.1 Å². The van der Waals surface area contributed by atoms with Crippen molar-refractivity contribution in [3.8, 4) is 11.5 Å². The summed E-state index contributed by atoms with van der Waals surface area (Å²) in [6, 6.07) is 14.1. The third kappa shape index (κ3) is 4.75. The Hall–Kier alpha value is -3.03. The molecule has 0 aliphatic carbocycles. The number of benzene rings is 2. The fourth-order valence-electron chi connectivity index (χ4n) is 2.94. The van der Waals surface area contributed by atoms with Gasteiger partial charge in [-0.05, 0) is 36.8 Å². The smallest absolute Gasteiger partial charge is 0.261 e. The molecule has 1 aromatic heterocycles. The molecule has 0 unspecified atom stereocenters. The molecule has 0 saturated carbocycles. The molecule has 0 aliphatic rings. The highest BCUT2D eigenvalue weighted by Gasteiger charge is 2.17. The first-order chi connectivity index (χ1) is 14.4. The minimum atomic E-state index is -0.324. The minimum Gasteiger partial charge on any atom is -0.493 e. The van der Waals surface area contributed by atoms with Gasteiger partial charge in [0.1, 0.15) is 0 Å². The number of halogens is 1. The monoisotopic (exact) mass is 444 g/mol. The summed E-state index contributed by atoms with van der Waals surface area (Å²) in [7, 11) is 3.12. The molecule has 2 amide bonds. The molecule has 0 spiro atoms. The minimum absolute atomic E-state index is 0.236. The summed E-state index contributed by atoms with van der Waals surface area (Å²) in [5.74, 6) is 0.618. The van der Waals surface area contributed by atoms with Crippen LogP contribution in [0, 0.1) is 6.92 Å². The normalized spacial score (nSPS) is 10.4.